The topological polar surface area (TPSA) is 133 Å². The van der Waals surface area contributed by atoms with Gasteiger partial charge >= 0.3 is 11.8 Å². The molecular weight excluding hydrogens is 436 g/mol. The van der Waals surface area contributed by atoms with Gasteiger partial charge in [0.15, 0.2) is 0 Å². The number of carbonyl (C=O) groups excluding carboxylic acids is 3. The predicted molar refractivity (Wildman–Crippen MR) is 126 cm³/mol. The van der Waals surface area contributed by atoms with Crippen LogP contribution in [0.25, 0.3) is 6.08 Å². The first-order chi connectivity index (χ1) is 16.4. The second-order valence-corrected chi connectivity index (χ2v) is 7.16. The largest absolute Gasteiger partial charge is 0.497 e. The molecular formula is C25H22N4O5. The average Bonchev–Trinajstić information content (AvgIpc) is 3.30. The number of nitrogens with zero attached hydrogens (tertiary/aromatic N) is 1. The van der Waals surface area contributed by atoms with Gasteiger partial charge in [-0.3, -0.25) is 14.4 Å². The molecule has 3 rings (SSSR count). The van der Waals surface area contributed by atoms with Crippen LogP contribution >= 0.6 is 0 Å². The van der Waals surface area contributed by atoms with E-state index in [1.165, 1.54) is 13.2 Å². The standard InChI is InChI=1S/C25H22N4O5/c1-16-3-5-18(6-4-16)29-25(32)24(31)27-15-22-12-11-21(34-22)13-17(14-26)23(30)28-19-7-9-20(33-2)10-8-19/h3-13H,15H2,1-2H3,(H,27,31)(H,28,30)(H,29,32)/b17-13-. The van der Waals surface area contributed by atoms with Crippen molar-refractivity contribution in [3.8, 4) is 11.8 Å². The van der Waals surface area contributed by atoms with Gasteiger partial charge in [0.1, 0.15) is 28.9 Å². The summed E-state index contributed by atoms with van der Waals surface area (Å²) in [6, 6.07) is 18.6. The minimum Gasteiger partial charge on any atom is -0.497 e. The second kappa shape index (κ2) is 11.2. The summed E-state index contributed by atoms with van der Waals surface area (Å²) in [5, 5.41) is 16.9. The summed E-state index contributed by atoms with van der Waals surface area (Å²) in [6.45, 7) is 1.87. The van der Waals surface area contributed by atoms with Crippen molar-refractivity contribution in [3.63, 3.8) is 0 Å². The van der Waals surface area contributed by atoms with Crippen molar-refractivity contribution in [2.45, 2.75) is 13.5 Å². The third-order valence-electron chi connectivity index (χ3n) is 4.62. The quantitative estimate of drug-likeness (QED) is 0.282. The van der Waals surface area contributed by atoms with E-state index in [0.717, 1.165) is 5.56 Å². The SMILES string of the molecule is COc1ccc(NC(=O)/C(C#N)=C\c2ccc(CNC(=O)C(=O)Nc3ccc(C)cc3)o2)cc1. The van der Waals surface area contributed by atoms with Gasteiger partial charge in [0.2, 0.25) is 0 Å². The van der Waals surface area contributed by atoms with Gasteiger partial charge in [-0.25, -0.2) is 0 Å². The van der Waals surface area contributed by atoms with Crippen LogP contribution in [0.5, 0.6) is 5.75 Å². The van der Waals surface area contributed by atoms with Gasteiger partial charge in [-0.2, -0.15) is 5.26 Å². The number of hydrogen-bond acceptors (Lipinski definition) is 6. The number of anilines is 2. The van der Waals surface area contributed by atoms with Crippen molar-refractivity contribution >= 4 is 35.2 Å². The number of rotatable bonds is 7. The smallest absolute Gasteiger partial charge is 0.313 e. The lowest BCUT2D eigenvalue weighted by Gasteiger charge is -2.06. The van der Waals surface area contributed by atoms with Crippen LogP contribution in [-0.4, -0.2) is 24.8 Å². The number of methoxy groups -OCH3 is 1. The number of hydrogen-bond donors (Lipinski definition) is 3. The summed E-state index contributed by atoms with van der Waals surface area (Å²) in [5.74, 6) is -1.02. The van der Waals surface area contributed by atoms with E-state index >= 15 is 0 Å². The Morgan fingerprint density at radius 3 is 2.15 bits per heavy atom. The van der Waals surface area contributed by atoms with Gasteiger partial charge < -0.3 is 25.1 Å². The molecule has 9 heteroatoms. The zero-order chi connectivity index (χ0) is 24.5. The highest BCUT2D eigenvalue weighted by molar-refractivity contribution is 6.39. The van der Waals surface area contributed by atoms with E-state index in [9.17, 15) is 19.6 Å². The fourth-order valence-corrected chi connectivity index (χ4v) is 2.80. The van der Waals surface area contributed by atoms with Crippen LogP contribution < -0.4 is 20.7 Å². The lowest BCUT2D eigenvalue weighted by Crippen LogP contribution is -2.34. The second-order valence-electron chi connectivity index (χ2n) is 7.16. The fourth-order valence-electron chi connectivity index (χ4n) is 2.80. The monoisotopic (exact) mass is 458 g/mol. The molecule has 1 aromatic heterocycles. The molecule has 1 heterocycles. The number of benzene rings is 2. The summed E-state index contributed by atoms with van der Waals surface area (Å²) >= 11 is 0. The van der Waals surface area contributed by atoms with Crippen molar-refractivity contribution in [1.82, 2.24) is 5.32 Å². The molecule has 0 aliphatic heterocycles. The Labute approximate surface area is 196 Å². The molecule has 0 aliphatic carbocycles. The van der Waals surface area contributed by atoms with Gasteiger partial charge in [0, 0.05) is 17.5 Å². The highest BCUT2D eigenvalue weighted by Gasteiger charge is 2.15. The maximum Gasteiger partial charge on any atom is 0.313 e. The molecule has 9 nitrogen and oxygen atoms in total. The first-order valence-corrected chi connectivity index (χ1v) is 10.2. The Bertz CT molecular complexity index is 1250. The number of nitriles is 1. The maximum atomic E-state index is 12.4. The summed E-state index contributed by atoms with van der Waals surface area (Å²) in [7, 11) is 1.54. The van der Waals surface area contributed by atoms with Crippen molar-refractivity contribution in [1.29, 1.82) is 5.26 Å². The molecule has 0 fully saturated rings. The average molecular weight is 458 g/mol. The lowest BCUT2D eigenvalue weighted by molar-refractivity contribution is -0.136. The maximum absolute atomic E-state index is 12.4. The zero-order valence-electron chi connectivity index (χ0n) is 18.5. The number of aryl methyl sites for hydroxylation is 1. The molecule has 2 aromatic carbocycles. The number of carbonyl (C=O) groups is 3. The molecule has 0 saturated heterocycles. The zero-order valence-corrected chi connectivity index (χ0v) is 18.5. The van der Waals surface area contributed by atoms with E-state index in [0.29, 0.717) is 22.9 Å². The van der Waals surface area contributed by atoms with Crippen LogP contribution in [0, 0.1) is 18.3 Å². The molecule has 3 N–H and O–H groups in total. The molecule has 34 heavy (non-hydrogen) atoms. The third kappa shape index (κ3) is 6.58. The van der Waals surface area contributed by atoms with E-state index in [1.807, 2.05) is 25.1 Å². The van der Waals surface area contributed by atoms with Crippen LogP contribution in [0.4, 0.5) is 11.4 Å². The third-order valence-corrected chi connectivity index (χ3v) is 4.62. The highest BCUT2D eigenvalue weighted by Crippen LogP contribution is 2.17. The Hall–Kier alpha value is -4.84. The van der Waals surface area contributed by atoms with Gasteiger partial charge in [-0.05, 0) is 55.5 Å². The first kappa shape index (κ1) is 23.8. The van der Waals surface area contributed by atoms with Gasteiger partial charge in [-0.15, -0.1) is 0 Å². The number of ether oxygens (including phenoxy) is 1. The van der Waals surface area contributed by atoms with Gasteiger partial charge in [0.05, 0.1) is 13.7 Å². The Kier molecular flexibility index (Phi) is 7.81. The van der Waals surface area contributed by atoms with Crippen LogP contribution in [0.3, 0.4) is 0 Å². The summed E-state index contributed by atoms with van der Waals surface area (Å²) in [6.07, 6.45) is 1.29. The molecule has 0 radical (unpaired) electrons. The molecule has 3 aromatic rings. The molecule has 172 valence electrons. The number of furan rings is 1. The Balaban J connectivity index is 1.55. The van der Waals surface area contributed by atoms with E-state index in [2.05, 4.69) is 16.0 Å². The van der Waals surface area contributed by atoms with E-state index < -0.39 is 17.7 Å². The fraction of sp³-hybridized carbons (Fsp3) is 0.120. The molecule has 0 unspecified atom stereocenters. The molecule has 3 amide bonds. The molecule has 0 spiro atoms. The Morgan fingerprint density at radius 2 is 1.53 bits per heavy atom. The van der Waals surface area contributed by atoms with E-state index in [-0.39, 0.29) is 17.9 Å². The summed E-state index contributed by atoms with van der Waals surface area (Å²) < 4.78 is 10.6. The molecule has 0 aliphatic rings. The first-order valence-electron chi connectivity index (χ1n) is 10.2. The van der Waals surface area contributed by atoms with Crippen molar-refractivity contribution in [2.24, 2.45) is 0 Å². The van der Waals surface area contributed by atoms with E-state index in [1.54, 1.807) is 48.5 Å². The van der Waals surface area contributed by atoms with Crippen LogP contribution in [0.2, 0.25) is 0 Å². The van der Waals surface area contributed by atoms with Crippen molar-refractivity contribution < 1.29 is 23.5 Å². The minimum atomic E-state index is -0.828. The van der Waals surface area contributed by atoms with Gasteiger partial charge in [0.25, 0.3) is 5.91 Å². The number of nitrogens with one attached hydrogen (secondary N) is 3. The Morgan fingerprint density at radius 1 is 0.912 bits per heavy atom. The van der Waals surface area contributed by atoms with Crippen LogP contribution in [-0.2, 0) is 20.9 Å². The normalized spacial score (nSPS) is 10.7. The molecule has 0 atom stereocenters. The van der Waals surface area contributed by atoms with Crippen LogP contribution in [0.15, 0.2) is 70.7 Å². The van der Waals surface area contributed by atoms with Gasteiger partial charge in [-0.1, -0.05) is 17.7 Å². The minimum absolute atomic E-state index is 0.0477. The highest BCUT2D eigenvalue weighted by atomic mass is 16.5. The summed E-state index contributed by atoms with van der Waals surface area (Å²) in [4.78, 5) is 36.5. The predicted octanol–water partition coefficient (Wildman–Crippen LogP) is 3.40. The summed E-state index contributed by atoms with van der Waals surface area (Å²) in [5.41, 5.74) is 1.87. The van der Waals surface area contributed by atoms with Crippen LogP contribution in [0.1, 0.15) is 17.1 Å². The lowest BCUT2D eigenvalue weighted by atomic mass is 10.2. The molecule has 0 bridgehead atoms. The number of amides is 3. The van der Waals surface area contributed by atoms with E-state index in [4.69, 9.17) is 9.15 Å². The molecule has 0 saturated carbocycles. The van der Waals surface area contributed by atoms with Crippen molar-refractivity contribution in [2.75, 3.05) is 17.7 Å². The van der Waals surface area contributed by atoms with Crippen molar-refractivity contribution in [3.05, 3.63) is 83.3 Å².